The van der Waals surface area contributed by atoms with Crippen LogP contribution in [0.1, 0.15) is 0 Å². The highest BCUT2D eigenvalue weighted by molar-refractivity contribution is 7.27. The van der Waals surface area contributed by atoms with E-state index in [4.69, 9.17) is 0 Å². The Morgan fingerprint density at radius 2 is 0.400 bits per heavy atom. The van der Waals surface area contributed by atoms with E-state index in [2.05, 4.69) is 374 Å². The smallest absolute Gasteiger partial charge is 0.0462 e. The highest BCUT2D eigenvalue weighted by Gasteiger charge is 2.25. The molecule has 0 amide bonds. The summed E-state index contributed by atoms with van der Waals surface area (Å²) < 4.78 is 5.26. The van der Waals surface area contributed by atoms with Gasteiger partial charge in [0.25, 0.3) is 0 Å². The Balaban J connectivity index is 0.676. The minimum Gasteiger partial charge on any atom is -0.311 e. The van der Waals surface area contributed by atoms with Crippen molar-refractivity contribution >= 4 is 140 Å². The van der Waals surface area contributed by atoms with Crippen molar-refractivity contribution in [1.29, 1.82) is 0 Å². The molecule has 2 nitrogen and oxygen atoms in total. The number of hydrogen-bond acceptors (Lipinski definition) is 4. The molecule has 0 radical (unpaired) electrons. The predicted octanol–water partition coefficient (Wildman–Crippen LogP) is 28.5. The third-order valence-electron chi connectivity index (χ3n) is 20.6. The topological polar surface area (TPSA) is 6.48 Å². The van der Waals surface area contributed by atoms with Crippen LogP contribution in [0.4, 0.5) is 34.1 Å². The summed E-state index contributed by atoms with van der Waals surface area (Å²) in [6.45, 7) is 0. The maximum atomic E-state index is 2.42. The lowest BCUT2D eigenvalue weighted by atomic mass is 9.89. The summed E-state index contributed by atoms with van der Waals surface area (Å²) in [4.78, 5) is 4.72. The second kappa shape index (κ2) is 23.7. The van der Waals surface area contributed by atoms with Gasteiger partial charge >= 0.3 is 0 Å². The number of para-hydroxylation sites is 3. The molecular weight excluding hydrogens is 1250 g/mol. The molecule has 0 unspecified atom stereocenters. The van der Waals surface area contributed by atoms with Crippen molar-refractivity contribution < 1.29 is 0 Å². The van der Waals surface area contributed by atoms with Gasteiger partial charge in [-0.3, -0.25) is 0 Å². The summed E-state index contributed by atoms with van der Waals surface area (Å²) in [5, 5.41) is 15.7. The van der Waals surface area contributed by atoms with Crippen LogP contribution in [-0.2, 0) is 0 Å². The van der Waals surface area contributed by atoms with Crippen molar-refractivity contribution in [2.45, 2.75) is 0 Å². The fourth-order valence-corrected chi connectivity index (χ4v) is 18.8. The fourth-order valence-electron chi connectivity index (χ4n) is 15.9. The van der Waals surface area contributed by atoms with Gasteiger partial charge in [-0.25, -0.2) is 0 Å². The molecule has 0 spiro atoms. The van der Waals surface area contributed by atoms with Gasteiger partial charge in [-0.2, -0.15) is 0 Å². The van der Waals surface area contributed by atoms with Crippen LogP contribution in [0, 0.1) is 0 Å². The largest absolute Gasteiger partial charge is 0.311 e. The molecule has 0 bridgehead atoms. The molecule has 18 aromatic carbocycles. The average molecular weight is 1310 g/mol. The molecule has 466 valence electrons. The van der Waals surface area contributed by atoms with Crippen molar-refractivity contribution in [2.75, 3.05) is 9.80 Å². The quantitative estimate of drug-likeness (QED) is 0.106. The summed E-state index contributed by atoms with van der Waals surface area (Å²) in [6.07, 6.45) is 0. The summed E-state index contributed by atoms with van der Waals surface area (Å²) in [6, 6.07) is 135. The lowest BCUT2D eigenvalue weighted by Crippen LogP contribution is -2.09. The Hall–Kier alpha value is -12.4. The van der Waals surface area contributed by atoms with E-state index in [0.29, 0.717) is 0 Å². The lowest BCUT2D eigenvalue weighted by molar-refractivity contribution is 1.28. The second-order valence-corrected chi connectivity index (χ2v) is 28.2. The number of nitrogens with zero attached hydrogens (tertiary/aromatic N) is 2. The summed E-state index contributed by atoms with van der Waals surface area (Å²) in [5.74, 6) is 0. The van der Waals surface area contributed by atoms with E-state index in [0.717, 1.165) is 39.7 Å². The van der Waals surface area contributed by atoms with Gasteiger partial charge in [0.2, 0.25) is 0 Å². The molecule has 0 fully saturated rings. The first-order chi connectivity index (χ1) is 49.6. The Morgan fingerprint density at radius 3 is 0.770 bits per heavy atom. The molecular formula is C96H60N2S2. The van der Waals surface area contributed by atoms with Crippen LogP contribution in [0.3, 0.4) is 0 Å². The van der Waals surface area contributed by atoms with Crippen LogP contribution in [0.5, 0.6) is 0 Å². The van der Waals surface area contributed by atoms with Crippen LogP contribution in [0.2, 0.25) is 0 Å². The summed E-state index contributed by atoms with van der Waals surface area (Å²) >= 11 is 3.88. The number of benzene rings is 18. The van der Waals surface area contributed by atoms with Gasteiger partial charge in [-0.05, 0) is 218 Å². The SMILES string of the molecule is c1ccc(-c2cccc(-c3ccc4c5ccccc5c5ccc(-c6cc(-c7ccccc7)cc(-c7ccc(N(c8ccccc8)c8ccc(-c9ccc%10c%11ccccc%11c%11ccc(-c%12ccc(N(c%13ccccc%13)c%13ccccc%13)cc%12)c%12sc9c%10c%12%11)cc8)cc7)c6)c6sc3c4c65)c2)cc1. The van der Waals surface area contributed by atoms with E-state index < -0.39 is 0 Å². The number of hydrogen-bond donors (Lipinski definition) is 0. The van der Waals surface area contributed by atoms with Crippen molar-refractivity contribution in [3.8, 4) is 77.9 Å². The average Bonchev–Trinajstić information content (AvgIpc) is 1.51. The molecule has 20 rings (SSSR count). The van der Waals surface area contributed by atoms with Crippen LogP contribution < -0.4 is 9.80 Å². The molecule has 4 heteroatoms. The molecule has 2 heterocycles. The zero-order chi connectivity index (χ0) is 65.8. The van der Waals surface area contributed by atoms with Crippen LogP contribution >= 0.6 is 22.7 Å². The molecule has 0 atom stereocenters. The number of fused-ring (bicyclic) bond motifs is 6. The third kappa shape index (κ3) is 9.52. The van der Waals surface area contributed by atoms with Crippen LogP contribution in [-0.4, -0.2) is 0 Å². The summed E-state index contributed by atoms with van der Waals surface area (Å²) in [7, 11) is 0. The number of thiophene rings is 2. The van der Waals surface area contributed by atoms with Gasteiger partial charge in [0.15, 0.2) is 0 Å². The van der Waals surface area contributed by atoms with Gasteiger partial charge in [-0.1, -0.05) is 267 Å². The molecule has 0 aliphatic heterocycles. The maximum absolute atomic E-state index is 2.42. The molecule has 0 N–H and O–H groups in total. The third-order valence-corrected chi connectivity index (χ3v) is 23.1. The molecule has 0 saturated carbocycles. The van der Waals surface area contributed by atoms with E-state index in [1.807, 2.05) is 22.7 Å². The predicted molar refractivity (Wildman–Crippen MR) is 432 cm³/mol. The van der Waals surface area contributed by atoms with E-state index >= 15 is 0 Å². The van der Waals surface area contributed by atoms with Crippen LogP contribution in [0.15, 0.2) is 364 Å². The zero-order valence-corrected chi connectivity index (χ0v) is 56.0. The standard InChI is InChI=1S/C96H60N2S2/c1-6-21-61(22-7-1)66-25-20-26-67(57-66)79-51-55-87-83-35-18-19-36-84(83)88-56-52-80(96-92(88)91(87)95(79)100-96)70-59-68(62-23-8-2-9-24-62)58-69(60-70)63-37-43-74(44-38-63)98(73-31-14-5-15-32-73)76-47-41-65(42-48-76)78-50-54-86-82-34-17-16-33-81(82)85-53-49-77(93-89(85)90(86)94(78)99-93)64-39-45-75(46-40-64)97(71-27-10-3-11-28-71)72-29-12-4-13-30-72/h1-60H. The highest BCUT2D eigenvalue weighted by Crippen LogP contribution is 2.54. The van der Waals surface area contributed by atoms with Gasteiger partial charge in [-0.15, -0.1) is 22.7 Å². The second-order valence-electron chi connectivity index (χ2n) is 26.2. The Bertz CT molecular complexity index is 6420. The molecule has 0 saturated heterocycles. The first kappa shape index (κ1) is 57.8. The minimum atomic E-state index is 1.08. The molecule has 0 aliphatic rings. The Labute approximate surface area is 587 Å². The fraction of sp³-hybridized carbons (Fsp3) is 0. The van der Waals surface area contributed by atoms with E-state index in [9.17, 15) is 0 Å². The van der Waals surface area contributed by atoms with Gasteiger partial charge in [0.1, 0.15) is 0 Å². The van der Waals surface area contributed by atoms with Crippen LogP contribution in [0.25, 0.3) is 161 Å². The normalized spacial score (nSPS) is 11.8. The first-order valence-electron chi connectivity index (χ1n) is 34.3. The van der Waals surface area contributed by atoms with Gasteiger partial charge < -0.3 is 9.80 Å². The minimum absolute atomic E-state index is 1.08. The summed E-state index contributed by atoms with van der Waals surface area (Å²) in [5.41, 5.74) is 23.6. The maximum Gasteiger partial charge on any atom is 0.0462 e. The van der Waals surface area contributed by atoms with E-state index in [-0.39, 0.29) is 0 Å². The number of anilines is 6. The van der Waals surface area contributed by atoms with Crippen molar-refractivity contribution in [2.24, 2.45) is 0 Å². The monoisotopic (exact) mass is 1300 g/mol. The molecule has 0 aliphatic carbocycles. The molecule has 20 aromatic rings. The van der Waals surface area contributed by atoms with Crippen molar-refractivity contribution in [1.82, 2.24) is 0 Å². The van der Waals surface area contributed by atoms with Crippen molar-refractivity contribution in [3.05, 3.63) is 364 Å². The Kier molecular flexibility index (Phi) is 13.7. The molecule has 100 heavy (non-hydrogen) atoms. The highest BCUT2D eigenvalue weighted by atomic mass is 32.1. The molecule has 2 aromatic heterocycles. The van der Waals surface area contributed by atoms with Gasteiger partial charge in [0, 0.05) is 74.5 Å². The Morgan fingerprint density at radius 1 is 0.150 bits per heavy atom. The zero-order valence-electron chi connectivity index (χ0n) is 54.4. The van der Waals surface area contributed by atoms with Gasteiger partial charge in [0.05, 0.1) is 0 Å². The number of rotatable bonds is 13. The first-order valence-corrected chi connectivity index (χ1v) is 35.9. The van der Waals surface area contributed by atoms with E-state index in [1.165, 1.54) is 156 Å². The van der Waals surface area contributed by atoms with E-state index in [1.54, 1.807) is 0 Å². The van der Waals surface area contributed by atoms with Crippen molar-refractivity contribution in [3.63, 3.8) is 0 Å². The lowest BCUT2D eigenvalue weighted by Gasteiger charge is -2.26.